The molecule has 2 fully saturated rings. The smallest absolute Gasteiger partial charge is 0.0814 e. The van der Waals surface area contributed by atoms with E-state index in [9.17, 15) is 0 Å². The number of hydrogen-bond acceptors (Lipinski definition) is 4. The number of piperidine rings is 1. The first-order chi connectivity index (χ1) is 17.4. The van der Waals surface area contributed by atoms with Crippen LogP contribution in [0.25, 0.3) is 6.08 Å². The van der Waals surface area contributed by atoms with E-state index in [0.717, 1.165) is 42.3 Å². The fourth-order valence-corrected chi connectivity index (χ4v) is 4.93. The first-order valence-corrected chi connectivity index (χ1v) is 13.3. The molecule has 0 aromatic heterocycles. The Bertz CT molecular complexity index is 1080. The van der Waals surface area contributed by atoms with Gasteiger partial charge in [-0.1, -0.05) is 68.6 Å². The van der Waals surface area contributed by atoms with E-state index in [0.29, 0.717) is 5.41 Å². The second-order valence-electron chi connectivity index (χ2n) is 9.97. The van der Waals surface area contributed by atoms with E-state index in [1.54, 1.807) is 0 Å². The van der Waals surface area contributed by atoms with Crippen LogP contribution in [-0.4, -0.2) is 31.9 Å². The molecule has 4 nitrogen and oxygen atoms in total. The van der Waals surface area contributed by atoms with E-state index in [4.69, 9.17) is 4.99 Å². The summed E-state index contributed by atoms with van der Waals surface area (Å²) >= 11 is 0. The van der Waals surface area contributed by atoms with E-state index < -0.39 is 0 Å². The molecule has 2 aliphatic heterocycles. The zero-order valence-electron chi connectivity index (χ0n) is 22.7. The molecule has 2 heterocycles. The molecule has 4 heteroatoms. The van der Waals surface area contributed by atoms with E-state index in [2.05, 4.69) is 85.9 Å². The Morgan fingerprint density at radius 2 is 1.81 bits per heavy atom. The minimum Gasteiger partial charge on any atom is -0.370 e. The lowest BCUT2D eigenvalue weighted by atomic mass is 9.77. The van der Waals surface area contributed by atoms with Crippen LogP contribution in [0.3, 0.4) is 0 Å². The van der Waals surface area contributed by atoms with Crippen molar-refractivity contribution in [3.8, 4) is 0 Å². The molecule has 36 heavy (non-hydrogen) atoms. The van der Waals surface area contributed by atoms with Crippen molar-refractivity contribution in [2.24, 2.45) is 10.4 Å². The molecule has 4 rings (SSSR count). The average molecular weight is 485 g/mol. The third-order valence-electron chi connectivity index (χ3n) is 7.50. The molecular weight excluding hydrogens is 440 g/mol. The molecule has 2 saturated heterocycles. The quantitative estimate of drug-likeness (QED) is 0.314. The van der Waals surface area contributed by atoms with E-state index in [1.807, 2.05) is 31.2 Å². The van der Waals surface area contributed by atoms with E-state index in [-0.39, 0.29) is 0 Å². The maximum atomic E-state index is 4.70. The van der Waals surface area contributed by atoms with Crippen LogP contribution in [0.4, 0.5) is 11.4 Å². The number of allylic oxidation sites excluding steroid dienone is 1. The van der Waals surface area contributed by atoms with Crippen molar-refractivity contribution in [2.45, 2.75) is 53.4 Å². The number of nitrogens with one attached hydrogen (secondary N) is 2. The molecule has 0 radical (unpaired) electrons. The number of nitrogens with zero attached hydrogens (tertiary/aromatic N) is 2. The molecule has 2 aromatic rings. The van der Waals surface area contributed by atoms with Crippen LogP contribution in [0, 0.1) is 12.3 Å². The highest BCUT2D eigenvalue weighted by Gasteiger charge is 2.37. The van der Waals surface area contributed by atoms with Crippen molar-refractivity contribution < 1.29 is 0 Å². The summed E-state index contributed by atoms with van der Waals surface area (Å²) in [5, 5.41) is 7.08. The van der Waals surface area contributed by atoms with Gasteiger partial charge in [-0.25, -0.2) is 0 Å². The number of benzene rings is 2. The minimum atomic E-state index is 0.535. The predicted molar refractivity (Wildman–Crippen MR) is 159 cm³/mol. The van der Waals surface area contributed by atoms with Crippen molar-refractivity contribution in [3.05, 3.63) is 90.3 Å². The van der Waals surface area contributed by atoms with Crippen LogP contribution in [0.2, 0.25) is 0 Å². The fourth-order valence-electron chi connectivity index (χ4n) is 4.93. The van der Waals surface area contributed by atoms with Gasteiger partial charge in [-0.05, 0) is 81.7 Å². The van der Waals surface area contributed by atoms with Crippen molar-refractivity contribution in [1.82, 2.24) is 5.32 Å². The second-order valence-corrected chi connectivity index (χ2v) is 9.97. The molecular formula is C32H44N4. The SMILES string of the molecule is C=C(Nc1ccccc1N1CCC2(CCNC2)CC1)/C(=C/C)N=C(C)CC.C=Cc1ccccc1C. The Labute approximate surface area is 218 Å². The lowest BCUT2D eigenvalue weighted by Gasteiger charge is -2.40. The molecule has 0 bridgehead atoms. The minimum absolute atomic E-state index is 0.535. The summed E-state index contributed by atoms with van der Waals surface area (Å²) in [6.45, 7) is 20.8. The molecule has 0 unspecified atom stereocenters. The number of rotatable bonds is 7. The predicted octanol–water partition coefficient (Wildman–Crippen LogP) is 7.60. The molecule has 0 amide bonds. The zero-order chi connectivity index (χ0) is 26.0. The van der Waals surface area contributed by atoms with Gasteiger partial charge in [0.05, 0.1) is 22.8 Å². The third kappa shape index (κ3) is 7.20. The average Bonchev–Trinajstić information content (AvgIpc) is 3.36. The topological polar surface area (TPSA) is 39.7 Å². The number of para-hydroxylation sites is 2. The van der Waals surface area contributed by atoms with Crippen LogP contribution < -0.4 is 15.5 Å². The van der Waals surface area contributed by atoms with Gasteiger partial charge in [-0.3, -0.25) is 4.99 Å². The maximum absolute atomic E-state index is 4.70. The van der Waals surface area contributed by atoms with Crippen LogP contribution in [0.1, 0.15) is 57.6 Å². The summed E-state index contributed by atoms with van der Waals surface area (Å²) < 4.78 is 0. The Kier molecular flexibility index (Phi) is 10.1. The number of anilines is 2. The molecule has 2 aromatic carbocycles. The summed E-state index contributed by atoms with van der Waals surface area (Å²) in [6, 6.07) is 16.8. The first kappa shape index (κ1) is 27.5. The molecule has 0 aliphatic carbocycles. The van der Waals surface area contributed by atoms with Crippen LogP contribution in [-0.2, 0) is 0 Å². The van der Waals surface area contributed by atoms with Gasteiger partial charge in [0.15, 0.2) is 0 Å². The first-order valence-electron chi connectivity index (χ1n) is 13.3. The number of aryl methyl sites for hydroxylation is 1. The van der Waals surface area contributed by atoms with Crippen LogP contribution in [0.5, 0.6) is 0 Å². The largest absolute Gasteiger partial charge is 0.370 e. The molecule has 2 aliphatic rings. The van der Waals surface area contributed by atoms with Crippen LogP contribution in [0.15, 0.2) is 84.2 Å². The monoisotopic (exact) mass is 484 g/mol. The second kappa shape index (κ2) is 13.3. The highest BCUT2D eigenvalue weighted by Crippen LogP contribution is 2.40. The van der Waals surface area contributed by atoms with Gasteiger partial charge in [-0.2, -0.15) is 0 Å². The number of hydrogen-bond donors (Lipinski definition) is 2. The van der Waals surface area contributed by atoms with Gasteiger partial charge in [0.25, 0.3) is 0 Å². The Morgan fingerprint density at radius 1 is 1.11 bits per heavy atom. The standard InChI is InChI=1S/C23H34N4.C9H10/c1-5-18(3)25-20(6-2)19(4)26-21-9-7-8-10-22(21)27-15-12-23(13-16-27)11-14-24-17-23;1-3-9-7-5-4-6-8(9)2/h6-10,24,26H,4-5,11-17H2,1-3H3;3-7H,1H2,2H3/b20-6-,25-18?;. The molecule has 1 spiro atoms. The Hall–Kier alpha value is -3.11. The lowest BCUT2D eigenvalue weighted by molar-refractivity contribution is 0.247. The molecule has 0 atom stereocenters. The maximum Gasteiger partial charge on any atom is 0.0814 e. The van der Waals surface area contributed by atoms with Gasteiger partial charge in [0, 0.05) is 25.3 Å². The Balaban J connectivity index is 0.000000338. The Morgan fingerprint density at radius 3 is 2.39 bits per heavy atom. The van der Waals surface area contributed by atoms with Crippen molar-refractivity contribution >= 4 is 23.2 Å². The van der Waals surface area contributed by atoms with Gasteiger partial charge in [0.1, 0.15) is 0 Å². The fraction of sp³-hybridized carbons (Fsp3) is 0.406. The number of aliphatic imine (C=N–C) groups is 1. The third-order valence-corrected chi connectivity index (χ3v) is 7.50. The summed E-state index contributed by atoms with van der Waals surface area (Å²) in [7, 11) is 0. The molecule has 192 valence electrons. The highest BCUT2D eigenvalue weighted by atomic mass is 15.2. The van der Waals surface area contributed by atoms with Crippen LogP contribution >= 0.6 is 0 Å². The summed E-state index contributed by atoms with van der Waals surface area (Å²) in [5.41, 5.74) is 8.31. The zero-order valence-corrected chi connectivity index (χ0v) is 22.7. The summed E-state index contributed by atoms with van der Waals surface area (Å²) in [4.78, 5) is 7.22. The summed E-state index contributed by atoms with van der Waals surface area (Å²) in [5.74, 6) is 0. The van der Waals surface area contributed by atoms with Crippen molar-refractivity contribution in [1.29, 1.82) is 0 Å². The van der Waals surface area contributed by atoms with Gasteiger partial charge >= 0.3 is 0 Å². The highest BCUT2D eigenvalue weighted by molar-refractivity contribution is 5.83. The van der Waals surface area contributed by atoms with Crippen molar-refractivity contribution in [3.63, 3.8) is 0 Å². The molecule has 0 saturated carbocycles. The van der Waals surface area contributed by atoms with E-state index in [1.165, 1.54) is 49.2 Å². The van der Waals surface area contributed by atoms with Gasteiger partial charge < -0.3 is 15.5 Å². The van der Waals surface area contributed by atoms with E-state index >= 15 is 0 Å². The van der Waals surface area contributed by atoms with Gasteiger partial charge in [-0.15, -0.1) is 0 Å². The van der Waals surface area contributed by atoms with Gasteiger partial charge in [0.2, 0.25) is 0 Å². The lowest BCUT2D eigenvalue weighted by Crippen LogP contribution is -2.41. The van der Waals surface area contributed by atoms with Crippen molar-refractivity contribution in [2.75, 3.05) is 36.4 Å². The summed E-state index contributed by atoms with van der Waals surface area (Å²) in [6.07, 6.45) is 8.72. The molecule has 2 N–H and O–H groups in total. The normalized spacial score (nSPS) is 17.4.